The maximum atomic E-state index is 10.8. The van der Waals surface area contributed by atoms with Gasteiger partial charge in [-0.3, -0.25) is 4.79 Å². The minimum Gasteiger partial charge on any atom is -0.355 e. The Balaban J connectivity index is 3.45. The first-order valence-electron chi connectivity index (χ1n) is 3.90. The topological polar surface area (TPSA) is 29.1 Å². The van der Waals surface area contributed by atoms with Crippen molar-refractivity contribution in [1.82, 2.24) is 5.32 Å². The highest BCUT2D eigenvalue weighted by atomic mass is 79.9. The van der Waals surface area contributed by atoms with Crippen molar-refractivity contribution in [1.29, 1.82) is 0 Å². The lowest BCUT2D eigenvalue weighted by Crippen LogP contribution is -2.30. The first-order valence-corrected chi connectivity index (χ1v) is 5.02. The minimum atomic E-state index is 0.0671. The van der Waals surface area contributed by atoms with Gasteiger partial charge in [-0.15, -0.1) is 0 Å². The second kappa shape index (κ2) is 5.58. The van der Waals surface area contributed by atoms with Crippen LogP contribution in [0.5, 0.6) is 0 Å². The Morgan fingerprint density at radius 3 is 2.36 bits per heavy atom. The van der Waals surface area contributed by atoms with Crippen LogP contribution in [0.2, 0.25) is 0 Å². The van der Waals surface area contributed by atoms with E-state index in [4.69, 9.17) is 0 Å². The van der Waals surface area contributed by atoms with Gasteiger partial charge in [-0.25, -0.2) is 0 Å². The van der Waals surface area contributed by atoms with Crippen LogP contribution in [-0.2, 0) is 4.79 Å². The summed E-state index contributed by atoms with van der Waals surface area (Å²) in [5.74, 6) is 1.25. The summed E-state index contributed by atoms with van der Waals surface area (Å²) >= 11 is 3.09. The number of carbonyl (C=O) groups is 1. The van der Waals surface area contributed by atoms with E-state index in [-0.39, 0.29) is 5.91 Å². The second-order valence-electron chi connectivity index (χ2n) is 3.16. The molecular weight excluding hydrogens is 206 g/mol. The molecule has 0 aliphatic rings. The van der Waals surface area contributed by atoms with Crippen LogP contribution in [0.4, 0.5) is 0 Å². The van der Waals surface area contributed by atoms with E-state index in [1.165, 1.54) is 0 Å². The standard InChI is InChI=1S/C8H16BrNO/c1-6(2)7(3)5-10-8(11)4-9/h6-7H,4-5H2,1-3H3,(H,10,11). The monoisotopic (exact) mass is 221 g/mol. The molecule has 0 radical (unpaired) electrons. The van der Waals surface area contributed by atoms with Crippen LogP contribution < -0.4 is 5.32 Å². The molecule has 0 fully saturated rings. The fourth-order valence-electron chi connectivity index (χ4n) is 0.558. The van der Waals surface area contributed by atoms with Crippen molar-refractivity contribution in [3.05, 3.63) is 0 Å². The Labute approximate surface area is 76.9 Å². The number of hydrogen-bond donors (Lipinski definition) is 1. The summed E-state index contributed by atoms with van der Waals surface area (Å²) in [6, 6.07) is 0. The first-order chi connectivity index (χ1) is 5.07. The van der Waals surface area contributed by atoms with Gasteiger partial charge in [0.25, 0.3) is 0 Å². The highest BCUT2D eigenvalue weighted by Crippen LogP contribution is 2.07. The predicted molar refractivity (Wildman–Crippen MR) is 50.8 cm³/mol. The van der Waals surface area contributed by atoms with Crippen molar-refractivity contribution in [2.75, 3.05) is 11.9 Å². The molecule has 0 saturated heterocycles. The van der Waals surface area contributed by atoms with Gasteiger partial charge in [0.1, 0.15) is 0 Å². The molecule has 0 rings (SSSR count). The Hall–Kier alpha value is -0.0500. The number of carbonyl (C=O) groups excluding carboxylic acids is 1. The van der Waals surface area contributed by atoms with Crippen molar-refractivity contribution in [3.63, 3.8) is 0 Å². The van der Waals surface area contributed by atoms with Crippen molar-refractivity contribution >= 4 is 21.8 Å². The normalized spacial score (nSPS) is 13.2. The summed E-state index contributed by atoms with van der Waals surface area (Å²) in [6.45, 7) is 7.23. The lowest BCUT2D eigenvalue weighted by atomic mass is 9.98. The van der Waals surface area contributed by atoms with E-state index >= 15 is 0 Å². The molecule has 0 heterocycles. The third-order valence-electron chi connectivity index (χ3n) is 1.88. The molecule has 0 aliphatic carbocycles. The minimum absolute atomic E-state index is 0.0671. The number of rotatable bonds is 4. The Morgan fingerprint density at radius 2 is 2.00 bits per heavy atom. The quantitative estimate of drug-likeness (QED) is 0.722. The zero-order chi connectivity index (χ0) is 8.85. The number of alkyl halides is 1. The molecule has 1 amide bonds. The summed E-state index contributed by atoms with van der Waals surface area (Å²) in [4.78, 5) is 10.8. The van der Waals surface area contributed by atoms with Gasteiger partial charge < -0.3 is 5.32 Å². The maximum Gasteiger partial charge on any atom is 0.230 e. The van der Waals surface area contributed by atoms with E-state index in [1.54, 1.807) is 0 Å². The highest BCUT2D eigenvalue weighted by Gasteiger charge is 2.07. The zero-order valence-electron chi connectivity index (χ0n) is 7.36. The average molecular weight is 222 g/mol. The van der Waals surface area contributed by atoms with Crippen LogP contribution in [0.25, 0.3) is 0 Å². The van der Waals surface area contributed by atoms with Gasteiger partial charge in [-0.1, -0.05) is 36.7 Å². The van der Waals surface area contributed by atoms with E-state index in [0.717, 1.165) is 6.54 Å². The van der Waals surface area contributed by atoms with Gasteiger partial charge in [0, 0.05) is 6.54 Å². The summed E-state index contributed by atoms with van der Waals surface area (Å²) in [5, 5.41) is 3.23. The van der Waals surface area contributed by atoms with Crippen molar-refractivity contribution in [2.45, 2.75) is 20.8 Å². The third-order valence-corrected chi connectivity index (χ3v) is 2.39. The molecule has 0 aliphatic heterocycles. The number of nitrogens with one attached hydrogen (secondary N) is 1. The van der Waals surface area contributed by atoms with Gasteiger partial charge in [0.15, 0.2) is 0 Å². The fourth-order valence-corrected chi connectivity index (χ4v) is 0.756. The molecule has 0 aromatic rings. The average Bonchev–Trinajstić information content (AvgIpc) is 1.99. The first kappa shape index (κ1) is 11.0. The van der Waals surface area contributed by atoms with E-state index in [2.05, 4.69) is 42.0 Å². The van der Waals surface area contributed by atoms with E-state index in [1.807, 2.05) is 0 Å². The van der Waals surface area contributed by atoms with Crippen LogP contribution in [0.3, 0.4) is 0 Å². The summed E-state index contributed by atoms with van der Waals surface area (Å²) in [7, 11) is 0. The summed E-state index contributed by atoms with van der Waals surface area (Å²) < 4.78 is 0. The van der Waals surface area contributed by atoms with Crippen LogP contribution in [-0.4, -0.2) is 17.8 Å². The molecule has 0 saturated carbocycles. The number of hydrogen-bond acceptors (Lipinski definition) is 1. The van der Waals surface area contributed by atoms with Gasteiger partial charge in [0.05, 0.1) is 5.33 Å². The number of halogens is 1. The van der Waals surface area contributed by atoms with Gasteiger partial charge in [-0.2, -0.15) is 0 Å². The van der Waals surface area contributed by atoms with Crippen molar-refractivity contribution in [2.24, 2.45) is 11.8 Å². The van der Waals surface area contributed by atoms with Crippen molar-refractivity contribution in [3.8, 4) is 0 Å². The molecule has 0 spiro atoms. The number of amides is 1. The molecule has 1 atom stereocenters. The maximum absolute atomic E-state index is 10.8. The fraction of sp³-hybridized carbons (Fsp3) is 0.875. The Kier molecular flexibility index (Phi) is 5.56. The molecule has 11 heavy (non-hydrogen) atoms. The van der Waals surface area contributed by atoms with E-state index in [0.29, 0.717) is 17.2 Å². The van der Waals surface area contributed by atoms with Gasteiger partial charge in [0.2, 0.25) is 5.91 Å². The molecule has 0 bridgehead atoms. The Bertz CT molecular complexity index is 125. The van der Waals surface area contributed by atoms with Crippen LogP contribution in [0, 0.1) is 11.8 Å². The zero-order valence-corrected chi connectivity index (χ0v) is 8.94. The molecule has 3 heteroatoms. The van der Waals surface area contributed by atoms with Crippen LogP contribution in [0.1, 0.15) is 20.8 Å². The van der Waals surface area contributed by atoms with Gasteiger partial charge in [-0.05, 0) is 11.8 Å². The van der Waals surface area contributed by atoms with Crippen LogP contribution in [0.15, 0.2) is 0 Å². The largest absolute Gasteiger partial charge is 0.355 e. The molecule has 0 aromatic carbocycles. The predicted octanol–water partition coefficient (Wildman–Crippen LogP) is 1.79. The Morgan fingerprint density at radius 1 is 1.45 bits per heavy atom. The SMILES string of the molecule is CC(C)C(C)CNC(=O)CBr. The lowest BCUT2D eigenvalue weighted by molar-refractivity contribution is -0.118. The summed E-state index contributed by atoms with van der Waals surface area (Å²) in [5.41, 5.74) is 0. The molecule has 2 nitrogen and oxygen atoms in total. The van der Waals surface area contributed by atoms with Gasteiger partial charge >= 0.3 is 0 Å². The lowest BCUT2D eigenvalue weighted by Gasteiger charge is -2.15. The molecule has 1 N–H and O–H groups in total. The second-order valence-corrected chi connectivity index (χ2v) is 3.72. The summed E-state index contributed by atoms with van der Waals surface area (Å²) in [6.07, 6.45) is 0. The highest BCUT2D eigenvalue weighted by molar-refractivity contribution is 9.09. The van der Waals surface area contributed by atoms with E-state index < -0.39 is 0 Å². The molecule has 66 valence electrons. The smallest absolute Gasteiger partial charge is 0.230 e. The van der Waals surface area contributed by atoms with Crippen LogP contribution >= 0.6 is 15.9 Å². The molecule has 0 aromatic heterocycles. The third kappa shape index (κ3) is 5.24. The molecular formula is C8H16BrNO. The molecule has 1 unspecified atom stereocenters. The van der Waals surface area contributed by atoms with Crippen molar-refractivity contribution < 1.29 is 4.79 Å². The van der Waals surface area contributed by atoms with E-state index in [9.17, 15) is 4.79 Å².